The van der Waals surface area contributed by atoms with E-state index in [9.17, 15) is 4.79 Å². The molecule has 0 heterocycles. The van der Waals surface area contributed by atoms with Gasteiger partial charge in [0.15, 0.2) is 0 Å². The molecular formula is C8H6BrO3+. The summed E-state index contributed by atoms with van der Waals surface area (Å²) in [7, 11) is 0. The summed E-state index contributed by atoms with van der Waals surface area (Å²) in [5.74, 6) is -0.573. The summed E-state index contributed by atoms with van der Waals surface area (Å²) in [4.78, 5) is 10.6. The lowest BCUT2D eigenvalue weighted by atomic mass is 10.2. The predicted molar refractivity (Wildman–Crippen MR) is 47.7 cm³/mol. The molecule has 0 saturated heterocycles. The van der Waals surface area contributed by atoms with Crippen LogP contribution in [-0.4, -0.2) is 17.9 Å². The van der Waals surface area contributed by atoms with E-state index in [2.05, 4.69) is 27.1 Å². The number of carboxylic acid groups (broad SMARTS) is 1. The van der Waals surface area contributed by atoms with E-state index in [1.807, 2.05) is 0 Å². The monoisotopic (exact) mass is 229 g/mol. The van der Waals surface area contributed by atoms with Crippen molar-refractivity contribution in [1.29, 1.82) is 0 Å². The van der Waals surface area contributed by atoms with Gasteiger partial charge in [-0.05, 0) is 22.0 Å². The second-order valence-electron chi connectivity index (χ2n) is 2.09. The fraction of sp³-hybridized carbons (Fsp3) is 0. The van der Waals surface area contributed by atoms with Crippen LogP contribution in [0.1, 0.15) is 10.4 Å². The first-order valence-electron chi connectivity index (χ1n) is 3.10. The lowest BCUT2D eigenvalue weighted by Crippen LogP contribution is -1.96. The third-order valence-corrected chi connectivity index (χ3v) is 2.03. The SMILES string of the molecule is C=[O+]c1ccc(Br)c(C(=O)O)c1. The molecule has 0 amide bonds. The smallest absolute Gasteiger partial charge is 0.352 e. The van der Waals surface area contributed by atoms with Crippen LogP contribution in [0, 0.1) is 0 Å². The molecule has 62 valence electrons. The van der Waals surface area contributed by atoms with Gasteiger partial charge >= 0.3 is 11.7 Å². The van der Waals surface area contributed by atoms with Crippen molar-refractivity contribution in [3.05, 3.63) is 28.2 Å². The molecule has 1 rings (SSSR count). The minimum atomic E-state index is -0.999. The molecule has 0 unspecified atom stereocenters. The summed E-state index contributed by atoms with van der Waals surface area (Å²) in [6.45, 7) is 3.18. The van der Waals surface area contributed by atoms with Gasteiger partial charge in [-0.2, -0.15) is 0 Å². The van der Waals surface area contributed by atoms with Gasteiger partial charge in [0.25, 0.3) is 6.79 Å². The molecule has 0 aromatic heterocycles. The lowest BCUT2D eigenvalue weighted by molar-refractivity contribution is -0.354. The molecule has 0 spiro atoms. The Morgan fingerprint density at radius 3 is 2.75 bits per heavy atom. The van der Waals surface area contributed by atoms with Gasteiger partial charge in [-0.25, -0.2) is 9.22 Å². The molecule has 1 N–H and O–H groups in total. The topological polar surface area (TPSA) is 48.6 Å². The van der Waals surface area contributed by atoms with Gasteiger partial charge in [0.2, 0.25) is 0 Å². The van der Waals surface area contributed by atoms with Crippen molar-refractivity contribution in [2.45, 2.75) is 0 Å². The van der Waals surface area contributed by atoms with E-state index >= 15 is 0 Å². The molecule has 0 atom stereocenters. The first kappa shape index (κ1) is 8.93. The van der Waals surface area contributed by atoms with E-state index in [1.165, 1.54) is 6.07 Å². The number of hydrogen-bond acceptors (Lipinski definition) is 1. The van der Waals surface area contributed by atoms with E-state index in [-0.39, 0.29) is 5.56 Å². The number of carbonyl (C=O) groups is 1. The maximum atomic E-state index is 10.6. The fourth-order valence-electron chi connectivity index (χ4n) is 0.758. The van der Waals surface area contributed by atoms with Gasteiger partial charge in [-0.15, -0.1) is 0 Å². The largest absolute Gasteiger partial charge is 0.478 e. The Balaban J connectivity index is 3.25. The molecular weight excluding hydrogens is 224 g/mol. The van der Waals surface area contributed by atoms with Crippen molar-refractivity contribution >= 4 is 28.7 Å². The zero-order valence-corrected chi connectivity index (χ0v) is 7.67. The summed E-state index contributed by atoms with van der Waals surface area (Å²) in [5, 5.41) is 8.68. The lowest BCUT2D eigenvalue weighted by Gasteiger charge is -1.94. The van der Waals surface area contributed by atoms with E-state index in [4.69, 9.17) is 5.11 Å². The van der Waals surface area contributed by atoms with Crippen LogP contribution in [0.3, 0.4) is 0 Å². The zero-order valence-electron chi connectivity index (χ0n) is 6.08. The van der Waals surface area contributed by atoms with Crippen LogP contribution in [0.5, 0.6) is 5.75 Å². The number of carboxylic acids is 1. The molecule has 0 radical (unpaired) electrons. The predicted octanol–water partition coefficient (Wildman–Crippen LogP) is 2.22. The fourth-order valence-corrected chi connectivity index (χ4v) is 1.17. The second-order valence-corrected chi connectivity index (χ2v) is 2.95. The van der Waals surface area contributed by atoms with Crippen LogP contribution in [0.15, 0.2) is 22.7 Å². The molecule has 3 nitrogen and oxygen atoms in total. The summed E-state index contributed by atoms with van der Waals surface area (Å²) < 4.78 is 5.15. The molecule has 0 aliphatic rings. The Hall–Kier alpha value is -1.16. The van der Waals surface area contributed by atoms with Crippen molar-refractivity contribution < 1.29 is 14.3 Å². The van der Waals surface area contributed by atoms with Gasteiger partial charge in [-0.1, -0.05) is 0 Å². The van der Waals surface area contributed by atoms with Crippen LogP contribution in [0.4, 0.5) is 0 Å². The third kappa shape index (κ3) is 1.71. The Bertz CT molecular complexity index is 333. The van der Waals surface area contributed by atoms with Crippen molar-refractivity contribution in [3.63, 3.8) is 0 Å². The van der Waals surface area contributed by atoms with E-state index in [0.717, 1.165) is 0 Å². The second kappa shape index (κ2) is 3.49. The average molecular weight is 230 g/mol. The highest BCUT2D eigenvalue weighted by Crippen LogP contribution is 2.22. The Labute approximate surface area is 77.5 Å². The average Bonchev–Trinajstić information content (AvgIpc) is 2.05. The van der Waals surface area contributed by atoms with Crippen molar-refractivity contribution in [2.24, 2.45) is 0 Å². The number of benzene rings is 1. The van der Waals surface area contributed by atoms with Gasteiger partial charge < -0.3 is 5.11 Å². The Morgan fingerprint density at radius 2 is 2.25 bits per heavy atom. The summed E-state index contributed by atoms with van der Waals surface area (Å²) in [6, 6.07) is 4.63. The van der Waals surface area contributed by atoms with E-state index < -0.39 is 5.97 Å². The molecule has 12 heavy (non-hydrogen) atoms. The quantitative estimate of drug-likeness (QED) is 0.792. The minimum absolute atomic E-state index is 0.163. The molecule has 0 fully saturated rings. The number of carbonyl (C=O) groups excluding carboxylic acids is 1. The summed E-state index contributed by atoms with van der Waals surface area (Å²) in [5.41, 5.74) is 0.163. The zero-order chi connectivity index (χ0) is 9.14. The molecule has 1 aromatic rings. The highest BCUT2D eigenvalue weighted by atomic mass is 79.9. The van der Waals surface area contributed by atoms with Crippen LogP contribution in [0.2, 0.25) is 0 Å². The van der Waals surface area contributed by atoms with Crippen LogP contribution in [-0.2, 0) is 4.42 Å². The van der Waals surface area contributed by atoms with Gasteiger partial charge in [0.05, 0.1) is 11.6 Å². The summed E-state index contributed by atoms with van der Waals surface area (Å²) in [6.07, 6.45) is 0. The molecule has 0 saturated carbocycles. The molecule has 0 aliphatic carbocycles. The van der Waals surface area contributed by atoms with Crippen molar-refractivity contribution in [1.82, 2.24) is 0 Å². The van der Waals surface area contributed by atoms with Crippen LogP contribution in [0.25, 0.3) is 0 Å². The van der Waals surface area contributed by atoms with E-state index in [0.29, 0.717) is 10.2 Å². The van der Waals surface area contributed by atoms with Crippen molar-refractivity contribution in [3.8, 4) is 5.75 Å². The Morgan fingerprint density at radius 1 is 1.58 bits per heavy atom. The molecule has 0 aliphatic heterocycles. The van der Waals surface area contributed by atoms with E-state index in [1.54, 1.807) is 12.1 Å². The molecule has 4 heteroatoms. The number of aromatic carboxylic acids is 1. The highest BCUT2D eigenvalue weighted by molar-refractivity contribution is 9.10. The van der Waals surface area contributed by atoms with Gasteiger partial charge in [0.1, 0.15) is 0 Å². The molecule has 0 bridgehead atoms. The van der Waals surface area contributed by atoms with Gasteiger partial charge in [-0.3, -0.25) is 0 Å². The highest BCUT2D eigenvalue weighted by Gasteiger charge is 2.12. The minimum Gasteiger partial charge on any atom is -0.478 e. The first-order valence-corrected chi connectivity index (χ1v) is 3.89. The normalized spacial score (nSPS) is 9.42. The van der Waals surface area contributed by atoms with Crippen molar-refractivity contribution in [2.75, 3.05) is 0 Å². The number of rotatable bonds is 2. The number of halogens is 1. The Kier molecular flexibility index (Phi) is 2.60. The summed E-state index contributed by atoms with van der Waals surface area (Å²) >= 11 is 3.10. The van der Waals surface area contributed by atoms with Gasteiger partial charge in [0, 0.05) is 10.5 Å². The number of hydrogen-bond donors (Lipinski definition) is 1. The van der Waals surface area contributed by atoms with Crippen LogP contribution < -0.4 is 0 Å². The maximum absolute atomic E-state index is 10.6. The maximum Gasteiger partial charge on any atom is 0.352 e. The first-order chi connectivity index (χ1) is 5.65. The molecule has 1 aromatic carbocycles. The standard InChI is InChI=1S/C8H5BrO3/c1-12-5-2-3-7(9)6(4-5)8(10)11/h2-4H,1H2/p+1. The third-order valence-electron chi connectivity index (χ3n) is 1.33. The van der Waals surface area contributed by atoms with Crippen LogP contribution >= 0.6 is 15.9 Å².